The Morgan fingerprint density at radius 3 is 2.87 bits per heavy atom. The first-order chi connectivity index (χ1) is 7.22. The molecule has 0 unspecified atom stereocenters. The first-order valence-corrected chi connectivity index (χ1v) is 5.09. The van der Waals surface area contributed by atoms with Gasteiger partial charge >= 0.3 is 5.97 Å². The fourth-order valence-corrected chi connectivity index (χ4v) is 1.27. The lowest BCUT2D eigenvalue weighted by molar-refractivity contribution is -0.136. The average Bonchev–Trinajstić information content (AvgIpc) is 2.18. The Kier molecular flexibility index (Phi) is 4.77. The zero-order chi connectivity index (χ0) is 11.1. The van der Waals surface area contributed by atoms with Crippen LogP contribution in [-0.4, -0.2) is 22.6 Å². The van der Waals surface area contributed by atoms with Crippen LogP contribution >= 0.6 is 0 Å². The van der Waals surface area contributed by atoms with Gasteiger partial charge in [-0.2, -0.15) is 0 Å². The number of pyridine rings is 1. The van der Waals surface area contributed by atoms with Crippen molar-refractivity contribution in [1.82, 2.24) is 10.3 Å². The maximum atomic E-state index is 10.5. The summed E-state index contributed by atoms with van der Waals surface area (Å²) in [6.45, 7) is 3.74. The van der Waals surface area contributed by atoms with Gasteiger partial charge in [0.05, 0.1) is 17.8 Å². The molecular weight excluding hydrogens is 192 g/mol. The fourth-order valence-electron chi connectivity index (χ4n) is 1.27. The molecule has 0 fully saturated rings. The third-order valence-corrected chi connectivity index (χ3v) is 1.93. The maximum absolute atomic E-state index is 10.5. The molecule has 1 rings (SSSR count). The first kappa shape index (κ1) is 11.7. The summed E-state index contributed by atoms with van der Waals surface area (Å²) in [4.78, 5) is 14.7. The average molecular weight is 208 g/mol. The van der Waals surface area contributed by atoms with Crippen LogP contribution in [0.1, 0.15) is 24.7 Å². The highest BCUT2D eigenvalue weighted by Crippen LogP contribution is 2.00. The van der Waals surface area contributed by atoms with Gasteiger partial charge in [-0.05, 0) is 25.1 Å². The summed E-state index contributed by atoms with van der Waals surface area (Å²) in [5.74, 6) is -0.846. The van der Waals surface area contributed by atoms with Crippen LogP contribution in [0, 0.1) is 0 Å². The molecule has 0 aliphatic heterocycles. The number of nitrogens with one attached hydrogen (secondary N) is 1. The molecule has 0 bridgehead atoms. The number of carbonyl (C=O) groups is 1. The minimum atomic E-state index is -0.846. The molecule has 82 valence electrons. The summed E-state index contributed by atoms with van der Waals surface area (Å²) >= 11 is 0. The molecule has 0 aromatic carbocycles. The van der Waals surface area contributed by atoms with E-state index in [2.05, 4.69) is 17.2 Å². The Balaban J connectivity index is 2.53. The van der Waals surface area contributed by atoms with Gasteiger partial charge in [0.2, 0.25) is 0 Å². The van der Waals surface area contributed by atoms with Gasteiger partial charge in [-0.15, -0.1) is 0 Å². The number of carboxylic acid groups (broad SMARTS) is 1. The summed E-state index contributed by atoms with van der Waals surface area (Å²) in [5, 5.41) is 11.8. The lowest BCUT2D eigenvalue weighted by Crippen LogP contribution is -2.15. The summed E-state index contributed by atoms with van der Waals surface area (Å²) < 4.78 is 0. The molecule has 1 heterocycles. The van der Waals surface area contributed by atoms with Gasteiger partial charge in [-0.1, -0.05) is 13.0 Å². The van der Waals surface area contributed by atoms with E-state index in [0.717, 1.165) is 18.7 Å². The van der Waals surface area contributed by atoms with Crippen LogP contribution in [0.2, 0.25) is 0 Å². The zero-order valence-electron chi connectivity index (χ0n) is 8.86. The van der Waals surface area contributed by atoms with Gasteiger partial charge < -0.3 is 10.4 Å². The molecule has 4 heteroatoms. The highest BCUT2D eigenvalue weighted by atomic mass is 16.4. The molecule has 0 atom stereocenters. The van der Waals surface area contributed by atoms with E-state index >= 15 is 0 Å². The Bertz CT molecular complexity index is 326. The molecule has 0 aliphatic carbocycles. The summed E-state index contributed by atoms with van der Waals surface area (Å²) in [6.07, 6.45) is 1.07. The van der Waals surface area contributed by atoms with E-state index in [4.69, 9.17) is 5.11 Å². The number of aromatic nitrogens is 1. The van der Waals surface area contributed by atoms with Crippen molar-refractivity contribution in [2.24, 2.45) is 0 Å². The number of nitrogens with zero attached hydrogens (tertiary/aromatic N) is 1. The van der Waals surface area contributed by atoms with Gasteiger partial charge in [-0.3, -0.25) is 9.78 Å². The number of carboxylic acids is 1. The Hall–Kier alpha value is -1.42. The summed E-state index contributed by atoms with van der Waals surface area (Å²) in [6, 6.07) is 5.47. The van der Waals surface area contributed by atoms with Crippen molar-refractivity contribution >= 4 is 5.97 Å². The largest absolute Gasteiger partial charge is 0.481 e. The molecule has 0 aliphatic rings. The van der Waals surface area contributed by atoms with Gasteiger partial charge in [0, 0.05) is 6.54 Å². The third-order valence-electron chi connectivity index (χ3n) is 1.93. The van der Waals surface area contributed by atoms with Crippen LogP contribution in [0.4, 0.5) is 0 Å². The second kappa shape index (κ2) is 6.14. The molecule has 0 amide bonds. The highest BCUT2D eigenvalue weighted by Gasteiger charge is 2.02. The standard InChI is InChI=1S/C11H16N2O2/c1-2-6-12-8-10-5-3-4-9(13-10)7-11(14)15/h3-5,12H,2,6-8H2,1H3,(H,14,15). The molecule has 0 saturated carbocycles. The monoisotopic (exact) mass is 208 g/mol. The molecule has 0 saturated heterocycles. The van der Waals surface area contributed by atoms with E-state index in [0.29, 0.717) is 12.2 Å². The van der Waals surface area contributed by atoms with E-state index in [1.54, 1.807) is 6.07 Å². The van der Waals surface area contributed by atoms with Crippen LogP contribution in [0.15, 0.2) is 18.2 Å². The maximum Gasteiger partial charge on any atom is 0.309 e. The lowest BCUT2D eigenvalue weighted by Gasteiger charge is -2.04. The Morgan fingerprint density at radius 1 is 1.47 bits per heavy atom. The van der Waals surface area contributed by atoms with E-state index in [1.807, 2.05) is 12.1 Å². The Labute approximate surface area is 89.3 Å². The lowest BCUT2D eigenvalue weighted by atomic mass is 10.2. The second-order valence-corrected chi connectivity index (χ2v) is 3.37. The van der Waals surface area contributed by atoms with Gasteiger partial charge in [0.15, 0.2) is 0 Å². The van der Waals surface area contributed by atoms with Crippen molar-refractivity contribution in [1.29, 1.82) is 0 Å². The molecule has 0 radical (unpaired) electrons. The smallest absolute Gasteiger partial charge is 0.309 e. The first-order valence-electron chi connectivity index (χ1n) is 5.09. The van der Waals surface area contributed by atoms with Gasteiger partial charge in [-0.25, -0.2) is 0 Å². The van der Waals surface area contributed by atoms with E-state index in [1.165, 1.54) is 0 Å². The number of hydrogen-bond acceptors (Lipinski definition) is 3. The van der Waals surface area contributed by atoms with Gasteiger partial charge in [0.1, 0.15) is 0 Å². The normalized spacial score (nSPS) is 10.2. The quantitative estimate of drug-likeness (QED) is 0.690. The van der Waals surface area contributed by atoms with Crippen molar-refractivity contribution in [3.05, 3.63) is 29.6 Å². The zero-order valence-corrected chi connectivity index (χ0v) is 8.86. The highest BCUT2D eigenvalue weighted by molar-refractivity contribution is 5.69. The predicted molar refractivity (Wildman–Crippen MR) is 57.6 cm³/mol. The Morgan fingerprint density at radius 2 is 2.20 bits per heavy atom. The number of aliphatic carboxylic acids is 1. The molecule has 1 aromatic heterocycles. The number of rotatable bonds is 6. The van der Waals surface area contributed by atoms with Crippen LogP contribution in [0.25, 0.3) is 0 Å². The molecule has 1 aromatic rings. The van der Waals surface area contributed by atoms with E-state index < -0.39 is 5.97 Å². The van der Waals surface area contributed by atoms with Crippen LogP contribution in [0.5, 0.6) is 0 Å². The third kappa shape index (κ3) is 4.56. The number of hydrogen-bond donors (Lipinski definition) is 2. The SMILES string of the molecule is CCCNCc1cccc(CC(=O)O)n1. The second-order valence-electron chi connectivity index (χ2n) is 3.37. The van der Waals surface area contributed by atoms with Crippen molar-refractivity contribution in [3.8, 4) is 0 Å². The minimum Gasteiger partial charge on any atom is -0.481 e. The van der Waals surface area contributed by atoms with Crippen molar-refractivity contribution < 1.29 is 9.90 Å². The topological polar surface area (TPSA) is 62.2 Å². The minimum absolute atomic E-state index is 0.0123. The molecule has 15 heavy (non-hydrogen) atoms. The van der Waals surface area contributed by atoms with E-state index in [-0.39, 0.29) is 6.42 Å². The molecular formula is C11H16N2O2. The molecule has 4 nitrogen and oxygen atoms in total. The molecule has 0 spiro atoms. The van der Waals surface area contributed by atoms with Crippen molar-refractivity contribution in [2.75, 3.05) is 6.54 Å². The summed E-state index contributed by atoms with van der Waals surface area (Å²) in [7, 11) is 0. The van der Waals surface area contributed by atoms with Crippen LogP contribution < -0.4 is 5.32 Å². The van der Waals surface area contributed by atoms with Crippen molar-refractivity contribution in [2.45, 2.75) is 26.3 Å². The van der Waals surface area contributed by atoms with Crippen LogP contribution in [0.3, 0.4) is 0 Å². The molecule has 2 N–H and O–H groups in total. The fraction of sp³-hybridized carbons (Fsp3) is 0.455. The summed E-state index contributed by atoms with van der Waals surface area (Å²) in [5.41, 5.74) is 1.50. The predicted octanol–water partition coefficient (Wildman–Crippen LogP) is 1.21. The van der Waals surface area contributed by atoms with E-state index in [9.17, 15) is 4.79 Å². The van der Waals surface area contributed by atoms with Crippen LogP contribution in [-0.2, 0) is 17.8 Å². The van der Waals surface area contributed by atoms with Gasteiger partial charge in [0.25, 0.3) is 0 Å². The van der Waals surface area contributed by atoms with Crippen molar-refractivity contribution in [3.63, 3.8) is 0 Å².